The van der Waals surface area contributed by atoms with Crippen molar-refractivity contribution in [1.29, 1.82) is 0 Å². The summed E-state index contributed by atoms with van der Waals surface area (Å²) in [6.07, 6.45) is 3.99. The predicted octanol–water partition coefficient (Wildman–Crippen LogP) is 4.75. The smallest absolute Gasteiger partial charge is 0.265 e. The van der Waals surface area contributed by atoms with Gasteiger partial charge in [-0.3, -0.25) is 19.4 Å². The van der Waals surface area contributed by atoms with E-state index in [1.165, 1.54) is 15.2 Å². The summed E-state index contributed by atoms with van der Waals surface area (Å²) in [6, 6.07) is 20.0. The normalized spacial score (nSPS) is 14.1. The van der Waals surface area contributed by atoms with Gasteiger partial charge in [0.05, 0.1) is 0 Å². The highest BCUT2D eigenvalue weighted by molar-refractivity contribution is 7.80. The largest absolute Gasteiger partial charge is 0.489 e. The SMILES string of the molecule is C=CCc1cc(C=C2C(=O)N(C)C(=S)N(C)C2=O)ccc1OCc1cccc2ccccc12. The van der Waals surface area contributed by atoms with Crippen molar-refractivity contribution in [2.24, 2.45) is 0 Å². The van der Waals surface area contributed by atoms with Gasteiger partial charge in [0, 0.05) is 14.1 Å². The summed E-state index contributed by atoms with van der Waals surface area (Å²) in [5.74, 6) is -0.0870. The number of allylic oxidation sites excluding steroid dienone is 1. The highest BCUT2D eigenvalue weighted by atomic mass is 32.1. The Morgan fingerprint density at radius 1 is 0.939 bits per heavy atom. The number of carbonyl (C=O) groups excluding carboxylic acids is 2. The van der Waals surface area contributed by atoms with E-state index in [1.807, 2.05) is 36.4 Å². The molecule has 1 aliphatic rings. The molecule has 4 rings (SSSR count). The molecule has 0 atom stereocenters. The third-order valence-corrected chi connectivity index (χ3v) is 6.21. The van der Waals surface area contributed by atoms with Crippen LogP contribution in [0.3, 0.4) is 0 Å². The van der Waals surface area contributed by atoms with Gasteiger partial charge in [-0.05, 0) is 64.3 Å². The van der Waals surface area contributed by atoms with Crippen LogP contribution in [0.1, 0.15) is 16.7 Å². The van der Waals surface area contributed by atoms with Gasteiger partial charge < -0.3 is 4.74 Å². The molecule has 0 radical (unpaired) electrons. The highest BCUT2D eigenvalue weighted by Gasteiger charge is 2.35. The molecule has 33 heavy (non-hydrogen) atoms. The number of benzene rings is 3. The lowest BCUT2D eigenvalue weighted by atomic mass is 10.0. The Bertz CT molecular complexity index is 1280. The van der Waals surface area contributed by atoms with Crippen LogP contribution in [0.5, 0.6) is 5.75 Å². The molecule has 166 valence electrons. The topological polar surface area (TPSA) is 49.9 Å². The van der Waals surface area contributed by atoms with Crippen molar-refractivity contribution in [1.82, 2.24) is 9.80 Å². The van der Waals surface area contributed by atoms with E-state index in [2.05, 4.69) is 30.8 Å². The Balaban J connectivity index is 1.62. The first-order valence-corrected chi connectivity index (χ1v) is 11.0. The van der Waals surface area contributed by atoms with Gasteiger partial charge in [-0.25, -0.2) is 0 Å². The molecule has 3 aromatic rings. The van der Waals surface area contributed by atoms with Gasteiger partial charge in [0.25, 0.3) is 11.8 Å². The van der Waals surface area contributed by atoms with Gasteiger partial charge in [-0.1, -0.05) is 54.6 Å². The molecular formula is C27H24N2O3S. The van der Waals surface area contributed by atoms with Crippen LogP contribution < -0.4 is 4.74 Å². The molecule has 1 fully saturated rings. The average Bonchev–Trinajstić information content (AvgIpc) is 2.84. The molecule has 0 unspecified atom stereocenters. The number of amides is 2. The Hall–Kier alpha value is -3.77. The minimum atomic E-state index is -0.412. The van der Waals surface area contributed by atoms with E-state index in [1.54, 1.807) is 26.2 Å². The number of nitrogens with zero attached hydrogens (tertiary/aromatic N) is 2. The number of carbonyl (C=O) groups is 2. The average molecular weight is 457 g/mol. The monoisotopic (exact) mass is 456 g/mol. The standard InChI is InChI=1S/C27H24N2O3S/c1-4-8-20-15-18(16-23-25(30)28(2)27(33)29(3)26(23)31)13-14-24(20)32-17-21-11-7-10-19-9-5-6-12-22(19)21/h4-7,9-16H,1,8,17H2,2-3H3. The summed E-state index contributed by atoms with van der Waals surface area (Å²) in [5, 5.41) is 2.52. The second-order valence-corrected chi connectivity index (χ2v) is 8.22. The molecule has 1 saturated heterocycles. The number of hydrogen-bond acceptors (Lipinski definition) is 4. The molecular weight excluding hydrogens is 432 g/mol. The van der Waals surface area contributed by atoms with Crippen LogP contribution in [-0.4, -0.2) is 40.8 Å². The molecule has 0 bridgehead atoms. The minimum Gasteiger partial charge on any atom is -0.489 e. The Kier molecular flexibility index (Phi) is 6.38. The first kappa shape index (κ1) is 22.4. The van der Waals surface area contributed by atoms with Gasteiger partial charge in [0.15, 0.2) is 5.11 Å². The van der Waals surface area contributed by atoms with Crippen molar-refractivity contribution in [3.8, 4) is 5.75 Å². The Labute approximate surface area is 198 Å². The number of fused-ring (bicyclic) bond motifs is 1. The molecule has 0 aromatic heterocycles. The molecule has 6 heteroatoms. The fraction of sp³-hybridized carbons (Fsp3) is 0.148. The zero-order chi connectivity index (χ0) is 23.5. The van der Waals surface area contributed by atoms with Gasteiger partial charge in [0.1, 0.15) is 17.9 Å². The molecule has 3 aromatic carbocycles. The van der Waals surface area contributed by atoms with Crippen LogP contribution in [0, 0.1) is 0 Å². The van der Waals surface area contributed by atoms with Crippen LogP contribution >= 0.6 is 12.2 Å². The van der Waals surface area contributed by atoms with Crippen molar-refractivity contribution < 1.29 is 14.3 Å². The Morgan fingerprint density at radius 2 is 1.64 bits per heavy atom. The summed E-state index contributed by atoms with van der Waals surface area (Å²) in [7, 11) is 3.13. The van der Waals surface area contributed by atoms with Crippen LogP contribution in [0.4, 0.5) is 0 Å². The zero-order valence-corrected chi connectivity index (χ0v) is 19.4. The van der Waals surface area contributed by atoms with Crippen LogP contribution in [0.2, 0.25) is 0 Å². The fourth-order valence-electron chi connectivity index (χ4n) is 3.86. The van der Waals surface area contributed by atoms with Gasteiger partial charge in [-0.2, -0.15) is 0 Å². The lowest BCUT2D eigenvalue weighted by Crippen LogP contribution is -2.52. The molecule has 0 saturated carbocycles. The van der Waals surface area contributed by atoms with Crippen molar-refractivity contribution in [2.45, 2.75) is 13.0 Å². The molecule has 0 spiro atoms. The van der Waals surface area contributed by atoms with E-state index in [4.69, 9.17) is 17.0 Å². The van der Waals surface area contributed by atoms with E-state index in [9.17, 15) is 9.59 Å². The first-order valence-electron chi connectivity index (χ1n) is 10.6. The van der Waals surface area contributed by atoms with E-state index < -0.39 is 11.8 Å². The van der Waals surface area contributed by atoms with Crippen LogP contribution in [0.15, 0.2) is 78.9 Å². The number of thiocarbonyl (C=S) groups is 1. The maximum absolute atomic E-state index is 12.6. The maximum Gasteiger partial charge on any atom is 0.265 e. The van der Waals surface area contributed by atoms with Gasteiger partial charge in [0.2, 0.25) is 0 Å². The van der Waals surface area contributed by atoms with Crippen molar-refractivity contribution in [3.63, 3.8) is 0 Å². The maximum atomic E-state index is 12.6. The molecule has 2 amide bonds. The molecule has 5 nitrogen and oxygen atoms in total. The third kappa shape index (κ3) is 4.43. The molecule has 1 heterocycles. The van der Waals surface area contributed by atoms with Gasteiger partial charge in [-0.15, -0.1) is 6.58 Å². The first-order chi connectivity index (χ1) is 15.9. The van der Waals surface area contributed by atoms with Crippen molar-refractivity contribution in [2.75, 3.05) is 14.1 Å². The summed E-state index contributed by atoms with van der Waals surface area (Å²) in [6.45, 7) is 4.27. The quantitative estimate of drug-likeness (QED) is 0.233. The fourth-order valence-corrected chi connectivity index (χ4v) is 4.03. The molecule has 0 N–H and O–H groups in total. The van der Waals surface area contributed by atoms with Crippen molar-refractivity contribution >= 4 is 46.0 Å². The zero-order valence-electron chi connectivity index (χ0n) is 18.6. The highest BCUT2D eigenvalue weighted by Crippen LogP contribution is 2.26. The molecule has 1 aliphatic heterocycles. The van der Waals surface area contributed by atoms with E-state index >= 15 is 0 Å². The molecule has 0 aliphatic carbocycles. The van der Waals surface area contributed by atoms with E-state index in [0.717, 1.165) is 27.8 Å². The third-order valence-electron chi connectivity index (χ3n) is 5.67. The minimum absolute atomic E-state index is 0.0718. The summed E-state index contributed by atoms with van der Waals surface area (Å²) in [4.78, 5) is 27.8. The van der Waals surface area contributed by atoms with Crippen LogP contribution in [0.25, 0.3) is 16.8 Å². The second kappa shape index (κ2) is 9.38. The summed E-state index contributed by atoms with van der Waals surface area (Å²) >= 11 is 5.15. The van der Waals surface area contributed by atoms with Crippen molar-refractivity contribution in [3.05, 3.63) is 95.6 Å². The lowest BCUT2D eigenvalue weighted by Gasteiger charge is -2.31. The van der Waals surface area contributed by atoms with Crippen LogP contribution in [-0.2, 0) is 22.6 Å². The lowest BCUT2D eigenvalue weighted by molar-refractivity contribution is -0.132. The van der Waals surface area contributed by atoms with E-state index in [-0.39, 0.29) is 10.7 Å². The predicted molar refractivity (Wildman–Crippen MR) is 135 cm³/mol. The van der Waals surface area contributed by atoms with Gasteiger partial charge >= 0.3 is 0 Å². The summed E-state index contributed by atoms with van der Waals surface area (Å²) < 4.78 is 6.18. The number of rotatable bonds is 6. The number of ether oxygens (including phenoxy) is 1. The van der Waals surface area contributed by atoms with E-state index in [0.29, 0.717) is 13.0 Å². The Morgan fingerprint density at radius 3 is 2.36 bits per heavy atom. The summed E-state index contributed by atoms with van der Waals surface area (Å²) in [5.41, 5.74) is 2.83. The number of hydrogen-bond donors (Lipinski definition) is 0. The second-order valence-electron chi connectivity index (χ2n) is 7.86. The number of likely N-dealkylation sites (N-methyl/N-ethyl adjacent to an activating group) is 2.